The minimum absolute atomic E-state index is 0.0460. The van der Waals surface area contributed by atoms with E-state index in [0.717, 1.165) is 11.1 Å². The molecule has 3 rings (SSSR count). The molecule has 0 aliphatic rings. The van der Waals surface area contributed by atoms with E-state index in [-0.39, 0.29) is 5.89 Å². The van der Waals surface area contributed by atoms with E-state index in [1.807, 2.05) is 30.3 Å². The number of nitrogens with zero attached hydrogens (tertiary/aromatic N) is 1. The topological polar surface area (TPSA) is 63.3 Å². The van der Waals surface area contributed by atoms with Crippen molar-refractivity contribution in [2.45, 2.75) is 5.25 Å². The zero-order valence-corrected chi connectivity index (χ0v) is 13.5. The van der Waals surface area contributed by atoms with E-state index < -0.39 is 11.2 Å². The lowest BCUT2D eigenvalue weighted by Crippen LogP contribution is -2.05. The third-order valence-corrected chi connectivity index (χ3v) is 3.96. The summed E-state index contributed by atoms with van der Waals surface area (Å²) in [5.41, 5.74) is 2.17. The van der Waals surface area contributed by atoms with E-state index in [2.05, 4.69) is 17.6 Å². The summed E-state index contributed by atoms with van der Waals surface area (Å²) in [4.78, 5) is 15.5. The van der Waals surface area contributed by atoms with Crippen LogP contribution in [0.4, 0.5) is 0 Å². The molecular weight excluding hydrogens is 334 g/mol. The maximum absolute atomic E-state index is 11.1. The van der Waals surface area contributed by atoms with Gasteiger partial charge < -0.3 is 9.52 Å². The van der Waals surface area contributed by atoms with Crippen molar-refractivity contribution in [2.24, 2.45) is 0 Å². The molecule has 1 heterocycles. The number of carboxylic acid groups (broad SMARTS) is 1. The van der Waals surface area contributed by atoms with Gasteiger partial charge in [0.25, 0.3) is 0 Å². The quantitative estimate of drug-likeness (QED) is 0.672. The van der Waals surface area contributed by atoms with Gasteiger partial charge in [0, 0.05) is 16.1 Å². The van der Waals surface area contributed by atoms with Crippen molar-refractivity contribution >= 4 is 30.2 Å². The Morgan fingerprint density at radius 3 is 2.35 bits per heavy atom. The number of rotatable bonds is 4. The van der Waals surface area contributed by atoms with Crippen molar-refractivity contribution in [2.75, 3.05) is 0 Å². The molecule has 1 N–H and O–H groups in total. The van der Waals surface area contributed by atoms with Crippen molar-refractivity contribution < 1.29 is 14.3 Å². The summed E-state index contributed by atoms with van der Waals surface area (Å²) in [6.07, 6.45) is 0. The summed E-state index contributed by atoms with van der Waals surface area (Å²) in [6.45, 7) is 0. The second-order valence-electron chi connectivity index (χ2n) is 4.84. The number of hydrogen-bond acceptors (Lipinski definition) is 4. The first-order valence-electron chi connectivity index (χ1n) is 6.79. The maximum atomic E-state index is 11.1. The van der Waals surface area contributed by atoms with Gasteiger partial charge in [-0.1, -0.05) is 41.9 Å². The van der Waals surface area contributed by atoms with Crippen LogP contribution in [0.1, 0.15) is 11.1 Å². The molecule has 0 fully saturated rings. The summed E-state index contributed by atoms with van der Waals surface area (Å²) in [5, 5.41) is 8.60. The Balaban J connectivity index is 2.16. The van der Waals surface area contributed by atoms with Crippen LogP contribution in [-0.4, -0.2) is 16.1 Å². The summed E-state index contributed by atoms with van der Waals surface area (Å²) < 4.78 is 5.71. The minimum atomic E-state index is -1.13. The predicted octanol–water partition coefficient (Wildman–Crippen LogP) is 4.72. The number of benzene rings is 2. The maximum Gasteiger partial charge on any atom is 0.325 e. The van der Waals surface area contributed by atoms with Crippen molar-refractivity contribution in [3.8, 4) is 22.6 Å². The van der Waals surface area contributed by atoms with Crippen LogP contribution >= 0.6 is 24.2 Å². The average Bonchev–Trinajstić information content (AvgIpc) is 3.00. The van der Waals surface area contributed by atoms with Crippen molar-refractivity contribution in [3.63, 3.8) is 0 Å². The molecule has 0 radical (unpaired) electrons. The van der Waals surface area contributed by atoms with Crippen LogP contribution < -0.4 is 0 Å². The van der Waals surface area contributed by atoms with Gasteiger partial charge in [0.2, 0.25) is 5.89 Å². The summed E-state index contributed by atoms with van der Waals surface area (Å²) in [7, 11) is 0. The first-order valence-corrected chi connectivity index (χ1v) is 7.68. The van der Waals surface area contributed by atoms with Gasteiger partial charge in [-0.3, -0.25) is 4.79 Å². The summed E-state index contributed by atoms with van der Waals surface area (Å²) in [6, 6.07) is 16.5. The number of hydrogen-bond donors (Lipinski definition) is 2. The molecule has 0 saturated heterocycles. The SMILES string of the molecule is O=C(O)C(S)c1nc(-c2ccccc2)c(-c2ccc(Cl)cc2)o1. The van der Waals surface area contributed by atoms with E-state index in [0.29, 0.717) is 16.5 Å². The Morgan fingerprint density at radius 1 is 1.09 bits per heavy atom. The standard InChI is InChI=1S/C17H12ClNO3S/c18-12-8-6-11(7-9-12)14-13(10-4-2-1-3-5-10)19-16(22-14)15(23)17(20)21/h1-9,15,23H,(H,20,21). The number of carboxylic acids is 1. The molecule has 0 amide bonds. The number of aliphatic carboxylic acids is 1. The molecule has 6 heteroatoms. The monoisotopic (exact) mass is 345 g/mol. The number of carbonyl (C=O) groups is 1. The molecule has 0 bridgehead atoms. The summed E-state index contributed by atoms with van der Waals surface area (Å²) >= 11 is 9.96. The van der Waals surface area contributed by atoms with Gasteiger partial charge in [-0.25, -0.2) is 4.98 Å². The lowest BCUT2D eigenvalue weighted by Gasteiger charge is -2.01. The molecule has 0 saturated carbocycles. The molecule has 0 aliphatic carbocycles. The molecule has 2 aromatic carbocycles. The molecule has 23 heavy (non-hydrogen) atoms. The lowest BCUT2D eigenvalue weighted by atomic mass is 10.1. The largest absolute Gasteiger partial charge is 0.480 e. The third-order valence-electron chi connectivity index (χ3n) is 3.27. The fraction of sp³-hybridized carbons (Fsp3) is 0.0588. The number of thiol groups is 1. The van der Waals surface area contributed by atoms with Crippen molar-refractivity contribution in [3.05, 3.63) is 65.5 Å². The van der Waals surface area contributed by atoms with E-state index in [1.165, 1.54) is 0 Å². The van der Waals surface area contributed by atoms with Gasteiger partial charge in [0.1, 0.15) is 5.69 Å². The predicted molar refractivity (Wildman–Crippen MR) is 91.7 cm³/mol. The van der Waals surface area contributed by atoms with Crippen LogP contribution in [0.25, 0.3) is 22.6 Å². The smallest absolute Gasteiger partial charge is 0.325 e. The Kier molecular flexibility index (Phi) is 4.41. The van der Waals surface area contributed by atoms with Crippen LogP contribution in [0.5, 0.6) is 0 Å². The Hall–Kier alpha value is -2.24. The second kappa shape index (κ2) is 6.48. The Labute approximate surface area is 143 Å². The van der Waals surface area contributed by atoms with Crippen LogP contribution in [0.3, 0.4) is 0 Å². The van der Waals surface area contributed by atoms with Gasteiger partial charge in [0.15, 0.2) is 11.0 Å². The van der Waals surface area contributed by atoms with Crippen LogP contribution in [0, 0.1) is 0 Å². The third kappa shape index (κ3) is 3.25. The molecular formula is C17H12ClNO3S. The average molecular weight is 346 g/mol. The van der Waals surface area contributed by atoms with E-state index in [9.17, 15) is 4.79 Å². The molecule has 1 unspecified atom stereocenters. The molecule has 116 valence electrons. The molecule has 3 aromatic rings. The second-order valence-corrected chi connectivity index (χ2v) is 5.80. The zero-order chi connectivity index (χ0) is 16.4. The van der Waals surface area contributed by atoms with E-state index in [1.54, 1.807) is 24.3 Å². The minimum Gasteiger partial charge on any atom is -0.480 e. The zero-order valence-electron chi connectivity index (χ0n) is 11.8. The van der Waals surface area contributed by atoms with E-state index in [4.69, 9.17) is 21.1 Å². The molecule has 1 atom stereocenters. The highest BCUT2D eigenvalue weighted by molar-refractivity contribution is 7.81. The van der Waals surface area contributed by atoms with Gasteiger partial charge in [-0.15, -0.1) is 0 Å². The van der Waals surface area contributed by atoms with Gasteiger partial charge in [-0.05, 0) is 24.3 Å². The molecule has 4 nitrogen and oxygen atoms in total. The molecule has 0 spiro atoms. The highest BCUT2D eigenvalue weighted by atomic mass is 35.5. The van der Waals surface area contributed by atoms with Gasteiger partial charge in [0.05, 0.1) is 0 Å². The fourth-order valence-corrected chi connectivity index (χ4v) is 2.38. The number of halogens is 1. The van der Waals surface area contributed by atoms with Crippen LogP contribution in [0.15, 0.2) is 59.0 Å². The molecule has 1 aromatic heterocycles. The highest BCUT2D eigenvalue weighted by Crippen LogP contribution is 2.35. The van der Waals surface area contributed by atoms with E-state index >= 15 is 0 Å². The van der Waals surface area contributed by atoms with Gasteiger partial charge in [-0.2, -0.15) is 12.6 Å². The fourth-order valence-electron chi connectivity index (χ4n) is 2.15. The van der Waals surface area contributed by atoms with Crippen molar-refractivity contribution in [1.82, 2.24) is 4.98 Å². The Morgan fingerprint density at radius 2 is 1.74 bits per heavy atom. The Bertz CT molecular complexity index is 831. The lowest BCUT2D eigenvalue weighted by molar-refractivity contribution is -0.136. The van der Waals surface area contributed by atoms with Crippen LogP contribution in [-0.2, 0) is 4.79 Å². The summed E-state index contributed by atoms with van der Waals surface area (Å²) in [5.74, 6) is -0.579. The van der Waals surface area contributed by atoms with Crippen molar-refractivity contribution in [1.29, 1.82) is 0 Å². The number of oxazole rings is 1. The normalized spacial score (nSPS) is 12.1. The van der Waals surface area contributed by atoms with Gasteiger partial charge >= 0.3 is 5.97 Å². The van der Waals surface area contributed by atoms with Crippen LogP contribution in [0.2, 0.25) is 5.02 Å². The first kappa shape index (κ1) is 15.6. The molecule has 0 aliphatic heterocycles. The highest BCUT2D eigenvalue weighted by Gasteiger charge is 2.25. The number of aromatic nitrogens is 1. The first-order chi connectivity index (χ1) is 11.1.